The molecule has 1 aliphatic heterocycles. The van der Waals surface area contributed by atoms with E-state index in [4.69, 9.17) is 0 Å². The number of hydrogen-bond acceptors (Lipinski definition) is 5. The highest BCUT2D eigenvalue weighted by molar-refractivity contribution is 5.75. The number of carbonyl (C=O) groups is 1. The SMILES string of the molecule is Cc1cc(N2CCn3c(nn(CC(=O)N(C)C)c3=O)C2)ccn1. The molecule has 0 spiro atoms. The minimum atomic E-state index is -0.222. The molecule has 0 radical (unpaired) electrons. The Morgan fingerprint density at radius 1 is 1.35 bits per heavy atom. The first-order valence-electron chi connectivity index (χ1n) is 7.50. The summed E-state index contributed by atoms with van der Waals surface area (Å²) < 4.78 is 2.90. The molecule has 0 atom stereocenters. The summed E-state index contributed by atoms with van der Waals surface area (Å²) in [5.74, 6) is 0.534. The van der Waals surface area contributed by atoms with Gasteiger partial charge in [-0.25, -0.2) is 9.48 Å². The van der Waals surface area contributed by atoms with Gasteiger partial charge in [-0.2, -0.15) is 5.10 Å². The summed E-state index contributed by atoms with van der Waals surface area (Å²) in [6, 6.07) is 3.97. The first-order chi connectivity index (χ1) is 11.0. The van der Waals surface area contributed by atoms with E-state index in [0.29, 0.717) is 18.9 Å². The molecule has 23 heavy (non-hydrogen) atoms. The molecule has 0 aliphatic carbocycles. The van der Waals surface area contributed by atoms with Gasteiger partial charge in [-0.15, -0.1) is 0 Å². The number of fused-ring (bicyclic) bond motifs is 1. The lowest BCUT2D eigenvalue weighted by molar-refractivity contribution is -0.129. The molecule has 1 aliphatic rings. The van der Waals surface area contributed by atoms with Gasteiger partial charge in [0.1, 0.15) is 6.54 Å². The van der Waals surface area contributed by atoms with Crippen LogP contribution in [-0.4, -0.2) is 50.8 Å². The lowest BCUT2D eigenvalue weighted by Crippen LogP contribution is -2.38. The first-order valence-corrected chi connectivity index (χ1v) is 7.50. The van der Waals surface area contributed by atoms with E-state index in [1.54, 1.807) is 24.9 Å². The number of pyridine rings is 1. The predicted octanol–water partition coefficient (Wildman–Crippen LogP) is -0.143. The molecule has 122 valence electrons. The van der Waals surface area contributed by atoms with Crippen molar-refractivity contribution in [3.8, 4) is 0 Å². The van der Waals surface area contributed by atoms with Crippen molar-refractivity contribution in [3.05, 3.63) is 40.3 Å². The molecule has 0 unspecified atom stereocenters. The molecular formula is C15H20N6O2. The number of aromatic nitrogens is 4. The third kappa shape index (κ3) is 2.96. The zero-order valence-corrected chi connectivity index (χ0v) is 13.6. The van der Waals surface area contributed by atoms with E-state index in [9.17, 15) is 9.59 Å². The quantitative estimate of drug-likeness (QED) is 0.787. The number of nitrogens with zero attached hydrogens (tertiary/aromatic N) is 6. The highest BCUT2D eigenvalue weighted by atomic mass is 16.2. The zero-order valence-electron chi connectivity index (χ0n) is 13.6. The molecule has 8 nitrogen and oxygen atoms in total. The molecule has 3 rings (SSSR count). The van der Waals surface area contributed by atoms with Crippen LogP contribution in [0.5, 0.6) is 0 Å². The third-order valence-corrected chi connectivity index (χ3v) is 3.95. The van der Waals surface area contributed by atoms with Gasteiger partial charge in [-0.1, -0.05) is 0 Å². The van der Waals surface area contributed by atoms with Crippen LogP contribution < -0.4 is 10.6 Å². The minimum Gasteiger partial charge on any atom is -0.362 e. The third-order valence-electron chi connectivity index (χ3n) is 3.95. The van der Waals surface area contributed by atoms with Crippen molar-refractivity contribution in [2.24, 2.45) is 0 Å². The Labute approximate surface area is 134 Å². The second kappa shape index (κ2) is 5.86. The van der Waals surface area contributed by atoms with Crippen LogP contribution in [0.15, 0.2) is 23.1 Å². The van der Waals surface area contributed by atoms with Crippen LogP contribution >= 0.6 is 0 Å². The number of aryl methyl sites for hydroxylation is 1. The molecule has 0 saturated heterocycles. The van der Waals surface area contributed by atoms with E-state index in [2.05, 4.69) is 15.0 Å². The zero-order chi connectivity index (χ0) is 16.6. The summed E-state index contributed by atoms with van der Waals surface area (Å²) >= 11 is 0. The van der Waals surface area contributed by atoms with Crippen LogP contribution in [0.2, 0.25) is 0 Å². The fourth-order valence-corrected chi connectivity index (χ4v) is 2.62. The van der Waals surface area contributed by atoms with Crippen molar-refractivity contribution in [2.45, 2.75) is 26.6 Å². The van der Waals surface area contributed by atoms with E-state index < -0.39 is 0 Å². The van der Waals surface area contributed by atoms with Crippen molar-refractivity contribution < 1.29 is 4.79 Å². The molecular weight excluding hydrogens is 296 g/mol. The number of amides is 1. The molecule has 8 heteroatoms. The van der Waals surface area contributed by atoms with Crippen molar-refractivity contribution in [1.29, 1.82) is 0 Å². The fraction of sp³-hybridized carbons (Fsp3) is 0.467. The normalized spacial score (nSPS) is 13.8. The number of rotatable bonds is 3. The summed E-state index contributed by atoms with van der Waals surface area (Å²) in [5.41, 5.74) is 1.79. The number of likely N-dealkylation sites (N-methyl/N-ethyl adjacent to an activating group) is 1. The lowest BCUT2D eigenvalue weighted by Gasteiger charge is -2.28. The molecule has 1 amide bonds. The highest BCUT2D eigenvalue weighted by Crippen LogP contribution is 2.19. The van der Waals surface area contributed by atoms with E-state index in [1.165, 1.54) is 9.58 Å². The average Bonchev–Trinajstić information content (AvgIpc) is 2.83. The van der Waals surface area contributed by atoms with Gasteiger partial charge in [0.15, 0.2) is 5.82 Å². The van der Waals surface area contributed by atoms with Gasteiger partial charge in [0.25, 0.3) is 0 Å². The van der Waals surface area contributed by atoms with Crippen molar-refractivity contribution in [1.82, 2.24) is 24.2 Å². The Morgan fingerprint density at radius 3 is 2.83 bits per heavy atom. The Morgan fingerprint density at radius 2 is 2.13 bits per heavy atom. The molecule has 2 aromatic heterocycles. The lowest BCUT2D eigenvalue weighted by atomic mass is 10.2. The van der Waals surface area contributed by atoms with Crippen molar-refractivity contribution in [3.63, 3.8) is 0 Å². The van der Waals surface area contributed by atoms with Gasteiger partial charge in [-0.05, 0) is 19.1 Å². The van der Waals surface area contributed by atoms with E-state index in [1.807, 2.05) is 19.1 Å². The van der Waals surface area contributed by atoms with Crippen LogP contribution in [-0.2, 0) is 24.4 Å². The van der Waals surface area contributed by atoms with Crippen LogP contribution in [0.3, 0.4) is 0 Å². The van der Waals surface area contributed by atoms with E-state index >= 15 is 0 Å². The maximum Gasteiger partial charge on any atom is 0.346 e. The van der Waals surface area contributed by atoms with Crippen LogP contribution in [0.4, 0.5) is 5.69 Å². The molecule has 0 saturated carbocycles. The summed E-state index contributed by atoms with van der Waals surface area (Å²) in [6.45, 7) is 3.75. The molecule has 3 heterocycles. The standard InChI is InChI=1S/C15H20N6O2/c1-11-8-12(4-5-16-11)19-6-7-20-13(9-19)17-21(15(20)23)10-14(22)18(2)3/h4-5,8H,6-7,9-10H2,1-3H3. The van der Waals surface area contributed by atoms with Gasteiger partial charge in [-0.3, -0.25) is 14.3 Å². The second-order valence-electron chi connectivity index (χ2n) is 5.87. The minimum absolute atomic E-state index is 0.0276. The molecule has 0 N–H and O–H groups in total. The van der Waals surface area contributed by atoms with Crippen molar-refractivity contribution in [2.75, 3.05) is 25.5 Å². The molecule has 2 aromatic rings. The van der Waals surface area contributed by atoms with Crippen LogP contribution in [0, 0.1) is 6.92 Å². The van der Waals surface area contributed by atoms with Crippen LogP contribution in [0.1, 0.15) is 11.5 Å². The highest BCUT2D eigenvalue weighted by Gasteiger charge is 2.23. The fourth-order valence-electron chi connectivity index (χ4n) is 2.62. The Balaban J connectivity index is 1.84. The van der Waals surface area contributed by atoms with Gasteiger partial charge >= 0.3 is 5.69 Å². The predicted molar refractivity (Wildman–Crippen MR) is 85.2 cm³/mol. The number of carbonyl (C=O) groups excluding carboxylic acids is 1. The number of anilines is 1. The van der Waals surface area contributed by atoms with Gasteiger partial charge in [0, 0.05) is 44.8 Å². The Hall–Kier alpha value is -2.64. The monoisotopic (exact) mass is 316 g/mol. The molecule has 0 aromatic carbocycles. The number of hydrogen-bond donors (Lipinski definition) is 0. The van der Waals surface area contributed by atoms with Crippen LogP contribution in [0.25, 0.3) is 0 Å². The summed E-state index contributed by atoms with van der Waals surface area (Å²) in [5, 5.41) is 4.33. The maximum absolute atomic E-state index is 12.3. The maximum atomic E-state index is 12.3. The topological polar surface area (TPSA) is 76.3 Å². The van der Waals surface area contributed by atoms with E-state index in [0.717, 1.165) is 17.9 Å². The smallest absolute Gasteiger partial charge is 0.346 e. The summed E-state index contributed by atoms with van der Waals surface area (Å²) in [7, 11) is 3.33. The van der Waals surface area contributed by atoms with Gasteiger partial charge in [0.2, 0.25) is 5.91 Å². The second-order valence-corrected chi connectivity index (χ2v) is 5.87. The largest absolute Gasteiger partial charge is 0.362 e. The van der Waals surface area contributed by atoms with E-state index in [-0.39, 0.29) is 18.1 Å². The van der Waals surface area contributed by atoms with Gasteiger partial charge in [0.05, 0.1) is 6.54 Å². The Bertz CT molecular complexity index is 792. The first kappa shape index (κ1) is 15.3. The van der Waals surface area contributed by atoms with Crippen molar-refractivity contribution >= 4 is 11.6 Å². The molecule has 0 bridgehead atoms. The summed E-state index contributed by atoms with van der Waals surface area (Å²) in [4.78, 5) is 32.0. The van der Waals surface area contributed by atoms with Gasteiger partial charge < -0.3 is 9.80 Å². The summed E-state index contributed by atoms with van der Waals surface area (Å²) in [6.07, 6.45) is 1.78. The Kier molecular flexibility index (Phi) is 3.89. The molecule has 0 fully saturated rings. The average molecular weight is 316 g/mol.